The first-order valence-corrected chi connectivity index (χ1v) is 10.2. The van der Waals surface area contributed by atoms with Gasteiger partial charge in [-0.2, -0.15) is 4.99 Å². The molecule has 0 spiro atoms. The van der Waals surface area contributed by atoms with Gasteiger partial charge in [0.15, 0.2) is 10.6 Å². The number of hydrogen-bond donors (Lipinski definition) is 0. The number of amides is 2. The summed E-state index contributed by atoms with van der Waals surface area (Å²) in [6.07, 6.45) is 4.04. The molecule has 2 aromatic carbocycles. The van der Waals surface area contributed by atoms with Gasteiger partial charge in [0.2, 0.25) is 0 Å². The Morgan fingerprint density at radius 2 is 1.54 bits per heavy atom. The summed E-state index contributed by atoms with van der Waals surface area (Å²) in [7, 11) is 0. The molecule has 0 radical (unpaired) electrons. The molecule has 4 rings (SSSR count). The van der Waals surface area contributed by atoms with Gasteiger partial charge in [0.1, 0.15) is 0 Å². The molecule has 1 fully saturated rings. The molecule has 142 valence electrons. The first kappa shape index (κ1) is 18.4. The van der Waals surface area contributed by atoms with Gasteiger partial charge in [-0.1, -0.05) is 36.4 Å². The van der Waals surface area contributed by atoms with E-state index in [4.69, 9.17) is 0 Å². The van der Waals surface area contributed by atoms with E-state index < -0.39 is 0 Å². The lowest BCUT2D eigenvalue weighted by Crippen LogP contribution is -2.27. The van der Waals surface area contributed by atoms with Crippen molar-refractivity contribution in [3.63, 3.8) is 0 Å². The third-order valence-electron chi connectivity index (χ3n) is 4.93. The average Bonchev–Trinajstić information content (AvgIpc) is 3.40. The molecule has 28 heavy (non-hydrogen) atoms. The van der Waals surface area contributed by atoms with Crippen molar-refractivity contribution in [1.82, 2.24) is 9.47 Å². The third-order valence-corrected chi connectivity index (χ3v) is 5.68. The minimum atomic E-state index is -0.157. The van der Waals surface area contributed by atoms with Crippen LogP contribution in [0.5, 0.6) is 0 Å². The minimum Gasteiger partial charge on any atom is -0.323 e. The molecular formula is C22H21N3O2S. The van der Waals surface area contributed by atoms with Crippen LogP contribution in [0.4, 0.5) is 4.79 Å². The number of carbonyl (C=O) groups is 2. The molecule has 5 nitrogen and oxygen atoms in total. The van der Waals surface area contributed by atoms with E-state index in [-0.39, 0.29) is 11.8 Å². The number of thiazole rings is 1. The van der Waals surface area contributed by atoms with Crippen LogP contribution in [0.15, 0.2) is 65.1 Å². The molecule has 2 amide bonds. The number of urea groups is 1. The summed E-state index contributed by atoms with van der Waals surface area (Å²) in [6.45, 7) is 3.16. The van der Waals surface area contributed by atoms with E-state index in [1.807, 2.05) is 64.7 Å². The topological polar surface area (TPSA) is 54.7 Å². The number of carbonyl (C=O) groups excluding carboxylic acids is 2. The lowest BCUT2D eigenvalue weighted by atomic mass is 10.0. The van der Waals surface area contributed by atoms with E-state index in [2.05, 4.69) is 4.99 Å². The second-order valence-corrected chi connectivity index (χ2v) is 7.70. The standard InChI is InChI=1S/C22H21N3O2S/c1-16(26)17-4-6-18(7-5-17)19-8-10-20(11-9-19)25-14-15-28-22(25)23-21(27)24-12-2-3-13-24/h4-11,14-15H,2-3,12-13H2,1H3. The monoisotopic (exact) mass is 391 g/mol. The maximum absolute atomic E-state index is 12.3. The Morgan fingerprint density at radius 1 is 0.929 bits per heavy atom. The smallest absolute Gasteiger partial charge is 0.323 e. The second kappa shape index (κ2) is 7.94. The normalized spacial score (nSPS) is 14.5. The molecule has 6 heteroatoms. The van der Waals surface area contributed by atoms with Crippen LogP contribution in [0.25, 0.3) is 16.8 Å². The maximum Gasteiger partial charge on any atom is 0.346 e. The van der Waals surface area contributed by atoms with Gasteiger partial charge in [-0.25, -0.2) is 4.79 Å². The second-order valence-electron chi connectivity index (χ2n) is 6.82. The Kier molecular flexibility index (Phi) is 5.21. The number of benzene rings is 2. The molecule has 0 unspecified atom stereocenters. The molecule has 1 aromatic heterocycles. The van der Waals surface area contributed by atoms with Crippen LogP contribution in [0.3, 0.4) is 0 Å². The summed E-state index contributed by atoms with van der Waals surface area (Å²) < 4.78 is 1.93. The van der Waals surface area contributed by atoms with Gasteiger partial charge in [-0.05, 0) is 43.0 Å². The van der Waals surface area contributed by atoms with Crippen molar-refractivity contribution in [3.8, 4) is 16.8 Å². The van der Waals surface area contributed by atoms with Gasteiger partial charge < -0.3 is 4.90 Å². The highest BCUT2D eigenvalue weighted by Crippen LogP contribution is 2.21. The maximum atomic E-state index is 12.3. The quantitative estimate of drug-likeness (QED) is 0.616. The molecule has 1 saturated heterocycles. The summed E-state index contributed by atoms with van der Waals surface area (Å²) in [5, 5.41) is 1.94. The van der Waals surface area contributed by atoms with Gasteiger partial charge in [-0.15, -0.1) is 11.3 Å². The highest BCUT2D eigenvalue weighted by Gasteiger charge is 2.17. The molecule has 0 bridgehead atoms. The third kappa shape index (κ3) is 3.82. The van der Waals surface area contributed by atoms with Crippen molar-refractivity contribution in [2.45, 2.75) is 19.8 Å². The van der Waals surface area contributed by atoms with Crippen LogP contribution in [0.1, 0.15) is 30.1 Å². The fourth-order valence-corrected chi connectivity index (χ4v) is 4.04. The van der Waals surface area contributed by atoms with Crippen LogP contribution in [0.2, 0.25) is 0 Å². The Balaban J connectivity index is 1.59. The molecule has 1 aliphatic rings. The number of nitrogens with zero attached hydrogens (tertiary/aromatic N) is 3. The predicted octanol–water partition coefficient (Wildman–Crippen LogP) is 4.52. The Bertz CT molecular complexity index is 1060. The molecule has 0 saturated carbocycles. The Morgan fingerprint density at radius 3 is 2.14 bits per heavy atom. The highest BCUT2D eigenvalue weighted by molar-refractivity contribution is 7.07. The van der Waals surface area contributed by atoms with Crippen molar-refractivity contribution in [2.75, 3.05) is 13.1 Å². The van der Waals surface area contributed by atoms with E-state index in [0.717, 1.165) is 42.7 Å². The lowest BCUT2D eigenvalue weighted by molar-refractivity contribution is 0.101. The summed E-state index contributed by atoms with van der Waals surface area (Å²) in [5.74, 6) is 0.0653. The first-order chi connectivity index (χ1) is 13.6. The molecule has 3 aromatic rings. The van der Waals surface area contributed by atoms with Crippen LogP contribution in [0, 0.1) is 0 Å². The van der Waals surface area contributed by atoms with Crippen LogP contribution >= 0.6 is 11.3 Å². The SMILES string of the molecule is CC(=O)c1ccc(-c2ccc(-n3ccsc3=NC(=O)N3CCCC3)cc2)cc1. The van der Waals surface area contributed by atoms with Crippen molar-refractivity contribution in [2.24, 2.45) is 4.99 Å². The van der Waals surface area contributed by atoms with Gasteiger partial charge in [0, 0.05) is 35.9 Å². The number of hydrogen-bond acceptors (Lipinski definition) is 3. The van der Waals surface area contributed by atoms with Gasteiger partial charge in [0.05, 0.1) is 0 Å². The van der Waals surface area contributed by atoms with E-state index in [0.29, 0.717) is 10.4 Å². The van der Waals surface area contributed by atoms with Crippen LogP contribution < -0.4 is 4.80 Å². The summed E-state index contributed by atoms with van der Waals surface area (Å²) in [5.41, 5.74) is 3.80. The van der Waals surface area contributed by atoms with Gasteiger partial charge >= 0.3 is 6.03 Å². The summed E-state index contributed by atoms with van der Waals surface area (Å²) in [6, 6.07) is 15.6. The minimum absolute atomic E-state index is 0.0653. The highest BCUT2D eigenvalue weighted by atomic mass is 32.1. The van der Waals surface area contributed by atoms with E-state index >= 15 is 0 Å². The fraction of sp³-hybridized carbons (Fsp3) is 0.227. The number of Topliss-reactive ketones (excluding diaryl/α,β-unsaturated/α-hetero) is 1. The lowest BCUT2D eigenvalue weighted by Gasteiger charge is -2.11. The number of likely N-dealkylation sites (tertiary alicyclic amines) is 1. The predicted molar refractivity (Wildman–Crippen MR) is 111 cm³/mol. The van der Waals surface area contributed by atoms with E-state index in [9.17, 15) is 9.59 Å². The van der Waals surface area contributed by atoms with E-state index in [1.165, 1.54) is 11.3 Å². The first-order valence-electron chi connectivity index (χ1n) is 9.33. The van der Waals surface area contributed by atoms with Crippen LogP contribution in [-0.2, 0) is 0 Å². The molecule has 1 aliphatic heterocycles. The summed E-state index contributed by atoms with van der Waals surface area (Å²) >= 11 is 1.45. The zero-order chi connectivity index (χ0) is 19.5. The average molecular weight is 391 g/mol. The van der Waals surface area contributed by atoms with Crippen LogP contribution in [-0.4, -0.2) is 34.4 Å². The number of rotatable bonds is 3. The molecule has 0 atom stereocenters. The number of ketones is 1. The fourth-order valence-electron chi connectivity index (χ4n) is 3.32. The Hall–Kier alpha value is -2.99. The summed E-state index contributed by atoms with van der Waals surface area (Å²) in [4.78, 5) is 30.6. The molecule has 0 N–H and O–H groups in total. The van der Waals surface area contributed by atoms with Gasteiger partial charge in [0.25, 0.3) is 0 Å². The molecular weight excluding hydrogens is 370 g/mol. The Labute approximate surface area is 167 Å². The molecule has 0 aliphatic carbocycles. The van der Waals surface area contributed by atoms with Crippen molar-refractivity contribution in [1.29, 1.82) is 0 Å². The van der Waals surface area contributed by atoms with Crippen molar-refractivity contribution in [3.05, 3.63) is 70.5 Å². The zero-order valence-corrected chi connectivity index (χ0v) is 16.5. The van der Waals surface area contributed by atoms with Crippen molar-refractivity contribution < 1.29 is 9.59 Å². The molecule has 2 heterocycles. The number of aromatic nitrogens is 1. The van der Waals surface area contributed by atoms with E-state index in [1.54, 1.807) is 11.8 Å². The van der Waals surface area contributed by atoms with Gasteiger partial charge in [-0.3, -0.25) is 9.36 Å². The van der Waals surface area contributed by atoms with Crippen molar-refractivity contribution >= 4 is 23.2 Å². The largest absolute Gasteiger partial charge is 0.346 e. The zero-order valence-electron chi connectivity index (χ0n) is 15.7.